The molecule has 2 aliphatic rings. The number of hydrogen-bond acceptors (Lipinski definition) is 9. The SMILES string of the molecule is COc1cccc(-c2cn(CC3OC(OCCCO)C(NC(C)=O)C4OC(C)(C)OC34)nn2)c1. The van der Waals surface area contributed by atoms with E-state index in [2.05, 4.69) is 15.6 Å². The van der Waals surface area contributed by atoms with Crippen LogP contribution in [-0.2, 0) is 30.3 Å². The third kappa shape index (κ3) is 5.56. The topological polar surface area (TPSA) is 126 Å². The number of carbonyl (C=O) groups is 1. The van der Waals surface area contributed by atoms with E-state index < -0.39 is 36.4 Å². The molecule has 1 amide bonds. The van der Waals surface area contributed by atoms with Crippen molar-refractivity contribution < 1.29 is 33.6 Å². The van der Waals surface area contributed by atoms with Crippen LogP contribution in [-0.4, -0.2) is 82.8 Å². The molecule has 0 aliphatic carbocycles. The molecule has 11 nitrogen and oxygen atoms in total. The molecule has 186 valence electrons. The van der Waals surface area contributed by atoms with Crippen LogP contribution in [0.2, 0.25) is 0 Å². The van der Waals surface area contributed by atoms with Crippen LogP contribution in [0, 0.1) is 0 Å². The highest BCUT2D eigenvalue weighted by atomic mass is 16.8. The largest absolute Gasteiger partial charge is 0.497 e. The summed E-state index contributed by atoms with van der Waals surface area (Å²) < 4.78 is 31.5. The van der Waals surface area contributed by atoms with Crippen molar-refractivity contribution in [1.29, 1.82) is 0 Å². The Morgan fingerprint density at radius 1 is 1.29 bits per heavy atom. The standard InChI is InChI=1S/C23H32N4O7/c1-14(29)24-19-21-20(33-23(2,3)34-21)18(32-22(19)31-10-6-9-28)13-27-12-17(25-26-27)15-7-5-8-16(11-15)30-4/h5,7-8,11-12,18-22,28H,6,9-10,13H2,1-4H3,(H,24,29). The van der Waals surface area contributed by atoms with Crippen LogP contribution in [0.1, 0.15) is 27.2 Å². The van der Waals surface area contributed by atoms with E-state index in [0.29, 0.717) is 18.7 Å². The number of aliphatic hydroxyl groups is 1. The lowest BCUT2D eigenvalue weighted by molar-refractivity contribution is -0.248. The molecule has 34 heavy (non-hydrogen) atoms. The Balaban J connectivity index is 1.55. The van der Waals surface area contributed by atoms with Gasteiger partial charge in [-0.2, -0.15) is 0 Å². The molecule has 2 aromatic rings. The zero-order valence-corrected chi connectivity index (χ0v) is 19.8. The number of carbonyl (C=O) groups excluding carboxylic acids is 1. The molecule has 2 N–H and O–H groups in total. The van der Waals surface area contributed by atoms with Gasteiger partial charge in [0.25, 0.3) is 0 Å². The van der Waals surface area contributed by atoms with Gasteiger partial charge >= 0.3 is 0 Å². The summed E-state index contributed by atoms with van der Waals surface area (Å²) in [6.45, 7) is 5.68. The smallest absolute Gasteiger partial charge is 0.217 e. The molecule has 1 aromatic carbocycles. The lowest BCUT2D eigenvalue weighted by Gasteiger charge is -2.42. The summed E-state index contributed by atoms with van der Waals surface area (Å²) in [6, 6.07) is 7.02. The van der Waals surface area contributed by atoms with E-state index in [-0.39, 0.29) is 19.1 Å². The first kappa shape index (κ1) is 24.6. The first-order chi connectivity index (χ1) is 16.3. The van der Waals surface area contributed by atoms with E-state index in [0.717, 1.165) is 11.3 Å². The number of rotatable bonds is 9. The van der Waals surface area contributed by atoms with Crippen molar-refractivity contribution in [2.45, 2.75) is 70.2 Å². The number of nitrogens with one attached hydrogen (secondary N) is 1. The molecule has 4 rings (SSSR count). The van der Waals surface area contributed by atoms with Gasteiger partial charge in [-0.25, -0.2) is 4.68 Å². The van der Waals surface area contributed by atoms with E-state index >= 15 is 0 Å². The molecule has 3 heterocycles. The van der Waals surface area contributed by atoms with Crippen LogP contribution in [0.15, 0.2) is 30.5 Å². The highest BCUT2D eigenvalue weighted by Gasteiger charge is 2.56. The maximum Gasteiger partial charge on any atom is 0.217 e. The third-order valence-electron chi connectivity index (χ3n) is 5.71. The fraction of sp³-hybridized carbons (Fsp3) is 0.609. The summed E-state index contributed by atoms with van der Waals surface area (Å²) >= 11 is 0. The van der Waals surface area contributed by atoms with Crippen molar-refractivity contribution in [3.05, 3.63) is 30.5 Å². The second-order valence-electron chi connectivity index (χ2n) is 8.84. The summed E-state index contributed by atoms with van der Waals surface area (Å²) in [5.74, 6) is -0.355. The van der Waals surface area contributed by atoms with Gasteiger partial charge in [-0.15, -0.1) is 5.10 Å². The quantitative estimate of drug-likeness (QED) is 0.512. The summed E-state index contributed by atoms with van der Waals surface area (Å²) in [4.78, 5) is 11.9. The second-order valence-corrected chi connectivity index (χ2v) is 8.84. The molecule has 5 unspecified atom stereocenters. The van der Waals surface area contributed by atoms with Crippen molar-refractivity contribution in [3.8, 4) is 17.0 Å². The zero-order valence-electron chi connectivity index (χ0n) is 19.8. The minimum Gasteiger partial charge on any atom is -0.497 e. The molecule has 2 fully saturated rings. The molecule has 0 spiro atoms. The monoisotopic (exact) mass is 476 g/mol. The second kappa shape index (κ2) is 10.4. The van der Waals surface area contributed by atoms with E-state index in [1.54, 1.807) is 11.8 Å². The van der Waals surface area contributed by atoms with Gasteiger partial charge in [-0.1, -0.05) is 17.3 Å². The number of hydrogen-bond donors (Lipinski definition) is 2. The highest BCUT2D eigenvalue weighted by molar-refractivity contribution is 5.73. The third-order valence-corrected chi connectivity index (χ3v) is 5.71. The summed E-state index contributed by atoms with van der Waals surface area (Å²) in [6.07, 6.45) is 0.0696. The molecular weight excluding hydrogens is 444 g/mol. The minimum atomic E-state index is -0.859. The molecule has 1 aromatic heterocycles. The fourth-order valence-electron chi connectivity index (χ4n) is 4.30. The number of aliphatic hydroxyl groups excluding tert-OH is 1. The number of amides is 1. The van der Waals surface area contributed by atoms with Crippen molar-refractivity contribution in [1.82, 2.24) is 20.3 Å². The van der Waals surface area contributed by atoms with Gasteiger partial charge in [0.2, 0.25) is 5.91 Å². The Kier molecular flexibility index (Phi) is 7.48. The molecule has 0 bridgehead atoms. The Morgan fingerprint density at radius 3 is 2.82 bits per heavy atom. The van der Waals surface area contributed by atoms with Crippen molar-refractivity contribution in [2.24, 2.45) is 0 Å². The summed E-state index contributed by atoms with van der Waals surface area (Å²) in [5.41, 5.74) is 1.58. The van der Waals surface area contributed by atoms with E-state index in [1.807, 2.05) is 44.3 Å². The van der Waals surface area contributed by atoms with Crippen LogP contribution in [0.3, 0.4) is 0 Å². The first-order valence-corrected chi connectivity index (χ1v) is 11.3. The van der Waals surface area contributed by atoms with Crippen LogP contribution < -0.4 is 10.1 Å². The number of fused-ring (bicyclic) bond motifs is 1. The normalized spacial score (nSPS) is 27.9. The van der Waals surface area contributed by atoms with Gasteiger partial charge in [0, 0.05) is 19.1 Å². The van der Waals surface area contributed by atoms with Crippen molar-refractivity contribution >= 4 is 5.91 Å². The van der Waals surface area contributed by atoms with E-state index in [9.17, 15) is 4.79 Å². The molecule has 5 atom stereocenters. The van der Waals surface area contributed by atoms with Gasteiger partial charge in [0.05, 0.1) is 26.5 Å². The van der Waals surface area contributed by atoms with Gasteiger partial charge in [-0.05, 0) is 32.4 Å². The van der Waals surface area contributed by atoms with Crippen molar-refractivity contribution in [3.63, 3.8) is 0 Å². The predicted octanol–water partition coefficient (Wildman–Crippen LogP) is 1.10. The van der Waals surface area contributed by atoms with E-state index in [1.165, 1.54) is 6.92 Å². The predicted molar refractivity (Wildman–Crippen MR) is 120 cm³/mol. The van der Waals surface area contributed by atoms with E-state index in [4.69, 9.17) is 28.8 Å². The highest BCUT2D eigenvalue weighted by Crippen LogP contribution is 2.38. The van der Waals surface area contributed by atoms with Gasteiger partial charge in [-0.3, -0.25) is 4.79 Å². The number of ether oxygens (including phenoxy) is 5. The average molecular weight is 477 g/mol. The molecule has 2 saturated heterocycles. The minimum absolute atomic E-state index is 0.00828. The Hall–Kier alpha value is -2.57. The first-order valence-electron chi connectivity index (χ1n) is 11.3. The lowest BCUT2D eigenvalue weighted by atomic mass is 9.96. The van der Waals surface area contributed by atoms with Gasteiger partial charge in [0.15, 0.2) is 12.1 Å². The number of aromatic nitrogens is 3. The fourth-order valence-corrected chi connectivity index (χ4v) is 4.30. The van der Waals surface area contributed by atoms with Crippen LogP contribution >= 0.6 is 0 Å². The summed E-state index contributed by atoms with van der Waals surface area (Å²) in [7, 11) is 1.62. The van der Waals surface area contributed by atoms with Crippen LogP contribution in [0.5, 0.6) is 5.75 Å². The number of methoxy groups -OCH3 is 1. The van der Waals surface area contributed by atoms with Crippen LogP contribution in [0.25, 0.3) is 11.3 Å². The van der Waals surface area contributed by atoms with Crippen LogP contribution in [0.4, 0.5) is 0 Å². The Bertz CT molecular complexity index is 982. The molecule has 11 heteroatoms. The Labute approximate surface area is 198 Å². The zero-order chi connectivity index (χ0) is 24.3. The van der Waals surface area contributed by atoms with Crippen molar-refractivity contribution in [2.75, 3.05) is 20.3 Å². The van der Waals surface area contributed by atoms with Gasteiger partial charge < -0.3 is 34.1 Å². The molecule has 0 radical (unpaired) electrons. The summed E-state index contributed by atoms with van der Waals surface area (Å²) in [5, 5.41) is 20.6. The Morgan fingerprint density at radius 2 is 2.09 bits per heavy atom. The molecular formula is C23H32N4O7. The number of nitrogens with zero attached hydrogens (tertiary/aromatic N) is 3. The van der Waals surface area contributed by atoms with Gasteiger partial charge in [0.1, 0.15) is 35.8 Å². The maximum absolute atomic E-state index is 11.9. The lowest BCUT2D eigenvalue weighted by Crippen LogP contribution is -2.63. The molecule has 0 saturated carbocycles. The molecule has 2 aliphatic heterocycles. The maximum atomic E-state index is 11.9. The number of benzene rings is 1. The average Bonchev–Trinajstić information content (AvgIpc) is 3.39.